The van der Waals surface area contributed by atoms with E-state index in [9.17, 15) is 13.2 Å². The summed E-state index contributed by atoms with van der Waals surface area (Å²) >= 11 is 0. The molecule has 1 N–H and O–H groups in total. The number of rotatable bonds is 4. The van der Waals surface area contributed by atoms with E-state index in [1.807, 2.05) is 24.3 Å². The van der Waals surface area contributed by atoms with Crippen molar-refractivity contribution in [3.05, 3.63) is 29.8 Å². The molecule has 1 nitrogen and oxygen atoms in total. The lowest BCUT2D eigenvalue weighted by atomic mass is 10.0. The Morgan fingerprint density at radius 2 is 1.69 bits per heavy atom. The third kappa shape index (κ3) is 4.55. The van der Waals surface area contributed by atoms with E-state index in [0.717, 1.165) is 5.69 Å². The first-order chi connectivity index (χ1) is 7.38. The van der Waals surface area contributed by atoms with E-state index in [-0.39, 0.29) is 6.54 Å². The average Bonchev–Trinajstić information content (AvgIpc) is 2.16. The highest BCUT2D eigenvalue weighted by atomic mass is 19.4. The molecule has 1 rings (SSSR count). The zero-order chi connectivity index (χ0) is 12.2. The number of hydrogen-bond acceptors (Lipinski definition) is 1. The van der Waals surface area contributed by atoms with Crippen molar-refractivity contribution in [2.24, 2.45) is 0 Å². The van der Waals surface area contributed by atoms with Crippen LogP contribution in [0.3, 0.4) is 0 Å². The van der Waals surface area contributed by atoms with Crippen molar-refractivity contribution in [1.82, 2.24) is 0 Å². The standard InChI is InChI=1S/C12H16F3N/c1-9(2)10-3-5-11(6-4-10)16-8-7-12(13,14)15/h3-6,9,16H,7-8H2,1-2H3. The predicted molar refractivity (Wildman–Crippen MR) is 59.7 cm³/mol. The normalized spacial score (nSPS) is 11.9. The van der Waals surface area contributed by atoms with Crippen molar-refractivity contribution in [3.63, 3.8) is 0 Å². The quantitative estimate of drug-likeness (QED) is 0.819. The van der Waals surface area contributed by atoms with Gasteiger partial charge >= 0.3 is 6.18 Å². The third-order valence-corrected chi connectivity index (χ3v) is 2.31. The average molecular weight is 231 g/mol. The number of benzene rings is 1. The van der Waals surface area contributed by atoms with Gasteiger partial charge in [0.2, 0.25) is 0 Å². The Balaban J connectivity index is 2.44. The summed E-state index contributed by atoms with van der Waals surface area (Å²) < 4.78 is 35.7. The first kappa shape index (κ1) is 12.9. The first-order valence-electron chi connectivity index (χ1n) is 5.29. The van der Waals surface area contributed by atoms with Crippen LogP contribution in [0.15, 0.2) is 24.3 Å². The highest BCUT2D eigenvalue weighted by Crippen LogP contribution is 2.20. The summed E-state index contributed by atoms with van der Waals surface area (Å²) in [7, 11) is 0. The van der Waals surface area contributed by atoms with E-state index in [0.29, 0.717) is 5.92 Å². The second kappa shape index (κ2) is 5.23. The smallest absolute Gasteiger partial charge is 0.385 e. The molecule has 0 heterocycles. The van der Waals surface area contributed by atoms with Crippen LogP contribution in [0.1, 0.15) is 31.7 Å². The Kier molecular flexibility index (Phi) is 4.21. The molecule has 0 saturated heterocycles. The van der Waals surface area contributed by atoms with Gasteiger partial charge in [-0.1, -0.05) is 26.0 Å². The van der Waals surface area contributed by atoms with Gasteiger partial charge in [0, 0.05) is 12.2 Å². The van der Waals surface area contributed by atoms with Crippen molar-refractivity contribution in [3.8, 4) is 0 Å². The van der Waals surface area contributed by atoms with Crippen molar-refractivity contribution in [1.29, 1.82) is 0 Å². The van der Waals surface area contributed by atoms with Gasteiger partial charge in [-0.2, -0.15) is 13.2 Å². The number of nitrogens with one attached hydrogen (secondary N) is 1. The molecule has 0 amide bonds. The fraction of sp³-hybridized carbons (Fsp3) is 0.500. The van der Waals surface area contributed by atoms with Crippen LogP contribution < -0.4 is 5.32 Å². The third-order valence-electron chi connectivity index (χ3n) is 2.31. The fourth-order valence-electron chi connectivity index (χ4n) is 1.33. The molecule has 16 heavy (non-hydrogen) atoms. The Hall–Kier alpha value is -1.19. The molecule has 0 saturated carbocycles. The van der Waals surface area contributed by atoms with Crippen LogP contribution >= 0.6 is 0 Å². The minimum Gasteiger partial charge on any atom is -0.385 e. The highest BCUT2D eigenvalue weighted by molar-refractivity contribution is 5.45. The topological polar surface area (TPSA) is 12.0 Å². The van der Waals surface area contributed by atoms with Gasteiger partial charge in [-0.3, -0.25) is 0 Å². The zero-order valence-electron chi connectivity index (χ0n) is 9.43. The maximum Gasteiger partial charge on any atom is 0.390 e. The molecule has 0 aliphatic heterocycles. The summed E-state index contributed by atoms with van der Waals surface area (Å²) in [6, 6.07) is 7.48. The molecule has 1 aromatic carbocycles. The van der Waals surface area contributed by atoms with Crippen molar-refractivity contribution in [2.75, 3.05) is 11.9 Å². The number of anilines is 1. The van der Waals surface area contributed by atoms with Crippen LogP contribution in [0.2, 0.25) is 0 Å². The van der Waals surface area contributed by atoms with E-state index in [2.05, 4.69) is 19.2 Å². The van der Waals surface area contributed by atoms with Gasteiger partial charge < -0.3 is 5.32 Å². The van der Waals surface area contributed by atoms with Crippen LogP contribution in [0.5, 0.6) is 0 Å². The van der Waals surface area contributed by atoms with Gasteiger partial charge in [0.15, 0.2) is 0 Å². The molecule has 0 fully saturated rings. The highest BCUT2D eigenvalue weighted by Gasteiger charge is 2.25. The molecule has 0 spiro atoms. The van der Waals surface area contributed by atoms with Gasteiger partial charge in [0.1, 0.15) is 0 Å². The molecule has 0 aromatic heterocycles. The molecule has 0 aliphatic rings. The summed E-state index contributed by atoms with van der Waals surface area (Å²) in [5.41, 5.74) is 1.91. The molecule has 4 heteroatoms. The zero-order valence-corrected chi connectivity index (χ0v) is 9.43. The van der Waals surface area contributed by atoms with Crippen LogP contribution in [0.4, 0.5) is 18.9 Å². The van der Waals surface area contributed by atoms with Crippen molar-refractivity contribution < 1.29 is 13.2 Å². The lowest BCUT2D eigenvalue weighted by Crippen LogP contribution is -2.14. The molecule has 0 atom stereocenters. The lowest BCUT2D eigenvalue weighted by Gasteiger charge is -2.10. The molecule has 0 radical (unpaired) electrons. The van der Waals surface area contributed by atoms with E-state index in [1.165, 1.54) is 5.56 Å². The maximum atomic E-state index is 11.9. The van der Waals surface area contributed by atoms with Gasteiger partial charge in [-0.25, -0.2) is 0 Å². The van der Waals surface area contributed by atoms with Crippen LogP contribution in [-0.4, -0.2) is 12.7 Å². The molecule has 90 valence electrons. The first-order valence-corrected chi connectivity index (χ1v) is 5.29. The van der Waals surface area contributed by atoms with E-state index in [1.54, 1.807) is 0 Å². The molecule has 0 bridgehead atoms. The summed E-state index contributed by atoms with van der Waals surface area (Å²) in [5, 5.41) is 2.75. The SMILES string of the molecule is CC(C)c1ccc(NCCC(F)(F)F)cc1. The van der Waals surface area contributed by atoms with E-state index < -0.39 is 12.6 Å². The Bertz CT molecular complexity index is 314. The predicted octanol–water partition coefficient (Wildman–Crippen LogP) is 4.17. The summed E-state index contributed by atoms with van der Waals surface area (Å²) in [6.07, 6.45) is -4.90. The molecule has 0 aliphatic carbocycles. The minimum absolute atomic E-state index is 0.0788. The van der Waals surface area contributed by atoms with Gasteiger partial charge in [0.25, 0.3) is 0 Å². The molecule has 0 unspecified atom stereocenters. The van der Waals surface area contributed by atoms with Crippen LogP contribution in [-0.2, 0) is 0 Å². The number of alkyl halides is 3. The van der Waals surface area contributed by atoms with Crippen LogP contribution in [0, 0.1) is 0 Å². The second-order valence-electron chi connectivity index (χ2n) is 4.07. The van der Waals surface area contributed by atoms with Gasteiger partial charge in [-0.15, -0.1) is 0 Å². The fourth-order valence-corrected chi connectivity index (χ4v) is 1.33. The summed E-state index contributed by atoms with van der Waals surface area (Å²) in [5.74, 6) is 0.434. The minimum atomic E-state index is -4.09. The van der Waals surface area contributed by atoms with Crippen molar-refractivity contribution >= 4 is 5.69 Å². The molecular weight excluding hydrogens is 215 g/mol. The largest absolute Gasteiger partial charge is 0.390 e. The van der Waals surface area contributed by atoms with Crippen LogP contribution in [0.25, 0.3) is 0 Å². The van der Waals surface area contributed by atoms with Gasteiger partial charge in [0.05, 0.1) is 6.42 Å². The molecule has 1 aromatic rings. The maximum absolute atomic E-state index is 11.9. The Morgan fingerprint density at radius 3 is 2.12 bits per heavy atom. The summed E-state index contributed by atoms with van der Waals surface area (Å²) in [6.45, 7) is 4.07. The number of halogens is 3. The van der Waals surface area contributed by atoms with E-state index in [4.69, 9.17) is 0 Å². The Morgan fingerprint density at radius 1 is 1.12 bits per heavy atom. The number of hydrogen-bond donors (Lipinski definition) is 1. The second-order valence-corrected chi connectivity index (χ2v) is 4.07. The monoisotopic (exact) mass is 231 g/mol. The van der Waals surface area contributed by atoms with Gasteiger partial charge in [-0.05, 0) is 23.6 Å². The Labute approximate surface area is 93.7 Å². The van der Waals surface area contributed by atoms with Crippen molar-refractivity contribution in [2.45, 2.75) is 32.4 Å². The molecular formula is C12H16F3N. The van der Waals surface area contributed by atoms with E-state index >= 15 is 0 Å². The lowest BCUT2D eigenvalue weighted by molar-refractivity contribution is -0.131. The summed E-state index contributed by atoms with van der Waals surface area (Å²) in [4.78, 5) is 0.